The van der Waals surface area contributed by atoms with Crippen molar-refractivity contribution < 1.29 is 19.1 Å². The summed E-state index contributed by atoms with van der Waals surface area (Å²) in [7, 11) is 0. The molecule has 1 N–H and O–H groups in total. The summed E-state index contributed by atoms with van der Waals surface area (Å²) in [6.07, 6.45) is 0. The standard InChI is InChI=1S/C23H21NO4/c1-16-12-17(2)14-21(13-16)27-15-22(25)28-20-10-8-18(9-11-20)23(26)24-19-6-4-3-5-7-19/h3-14H,15H2,1-2H3,(H,24,26). The smallest absolute Gasteiger partial charge is 0.349 e. The van der Waals surface area contributed by atoms with Gasteiger partial charge in [0, 0.05) is 11.3 Å². The zero-order valence-electron chi connectivity index (χ0n) is 15.8. The molecule has 0 heterocycles. The van der Waals surface area contributed by atoms with Gasteiger partial charge in [-0.25, -0.2) is 4.79 Å². The number of para-hydroxylation sites is 1. The molecule has 0 atom stereocenters. The van der Waals surface area contributed by atoms with Crippen LogP contribution in [0.3, 0.4) is 0 Å². The Hall–Kier alpha value is -3.60. The average molecular weight is 375 g/mol. The fourth-order valence-electron chi connectivity index (χ4n) is 2.72. The number of nitrogens with one attached hydrogen (secondary N) is 1. The minimum Gasteiger partial charge on any atom is -0.482 e. The highest BCUT2D eigenvalue weighted by molar-refractivity contribution is 6.04. The Morgan fingerprint density at radius 1 is 0.821 bits per heavy atom. The molecule has 0 unspecified atom stereocenters. The maximum Gasteiger partial charge on any atom is 0.349 e. The van der Waals surface area contributed by atoms with E-state index in [4.69, 9.17) is 9.47 Å². The fourth-order valence-corrected chi connectivity index (χ4v) is 2.72. The largest absolute Gasteiger partial charge is 0.482 e. The highest BCUT2D eigenvalue weighted by Crippen LogP contribution is 2.17. The van der Waals surface area contributed by atoms with Gasteiger partial charge in [0.05, 0.1) is 0 Å². The highest BCUT2D eigenvalue weighted by atomic mass is 16.6. The second-order valence-corrected chi connectivity index (χ2v) is 6.43. The zero-order valence-corrected chi connectivity index (χ0v) is 15.8. The first-order valence-electron chi connectivity index (χ1n) is 8.88. The minimum atomic E-state index is -0.513. The van der Waals surface area contributed by atoms with Crippen LogP contribution in [-0.4, -0.2) is 18.5 Å². The summed E-state index contributed by atoms with van der Waals surface area (Å²) in [6.45, 7) is 3.74. The fraction of sp³-hybridized carbons (Fsp3) is 0.130. The molecule has 3 rings (SSSR count). The summed E-state index contributed by atoms with van der Waals surface area (Å²) >= 11 is 0. The first-order valence-corrected chi connectivity index (χ1v) is 8.88. The van der Waals surface area contributed by atoms with E-state index in [0.29, 0.717) is 22.7 Å². The van der Waals surface area contributed by atoms with Crippen LogP contribution in [0.5, 0.6) is 11.5 Å². The van der Waals surface area contributed by atoms with Crippen LogP contribution in [0.25, 0.3) is 0 Å². The van der Waals surface area contributed by atoms with Crippen molar-refractivity contribution >= 4 is 17.6 Å². The van der Waals surface area contributed by atoms with Gasteiger partial charge in [0.1, 0.15) is 11.5 Å². The Kier molecular flexibility index (Phi) is 6.07. The molecule has 1 amide bonds. The van der Waals surface area contributed by atoms with E-state index >= 15 is 0 Å². The molecule has 28 heavy (non-hydrogen) atoms. The number of benzene rings is 3. The summed E-state index contributed by atoms with van der Waals surface area (Å²) in [5, 5.41) is 2.80. The van der Waals surface area contributed by atoms with Crippen molar-refractivity contribution in [2.75, 3.05) is 11.9 Å². The van der Waals surface area contributed by atoms with Crippen molar-refractivity contribution in [1.29, 1.82) is 0 Å². The summed E-state index contributed by atoms with van der Waals surface area (Å²) in [6, 6.07) is 21.3. The van der Waals surface area contributed by atoms with Crippen LogP contribution < -0.4 is 14.8 Å². The van der Waals surface area contributed by atoms with Gasteiger partial charge in [-0.3, -0.25) is 4.79 Å². The molecule has 0 spiro atoms. The van der Waals surface area contributed by atoms with Gasteiger partial charge in [0.15, 0.2) is 6.61 Å². The molecule has 0 aliphatic heterocycles. The van der Waals surface area contributed by atoms with Gasteiger partial charge in [0.2, 0.25) is 0 Å². The van der Waals surface area contributed by atoms with Crippen LogP contribution >= 0.6 is 0 Å². The average Bonchev–Trinajstić information content (AvgIpc) is 2.67. The van der Waals surface area contributed by atoms with Gasteiger partial charge in [-0.1, -0.05) is 24.3 Å². The van der Waals surface area contributed by atoms with E-state index < -0.39 is 5.97 Å². The lowest BCUT2D eigenvalue weighted by molar-refractivity contribution is -0.136. The van der Waals surface area contributed by atoms with Gasteiger partial charge < -0.3 is 14.8 Å². The second kappa shape index (κ2) is 8.86. The molecular weight excluding hydrogens is 354 g/mol. The van der Waals surface area contributed by atoms with Crippen molar-refractivity contribution in [2.45, 2.75) is 13.8 Å². The van der Waals surface area contributed by atoms with E-state index in [9.17, 15) is 9.59 Å². The summed E-state index contributed by atoms with van der Waals surface area (Å²) in [4.78, 5) is 24.2. The van der Waals surface area contributed by atoms with E-state index in [1.165, 1.54) is 0 Å². The quantitative estimate of drug-likeness (QED) is 0.507. The van der Waals surface area contributed by atoms with Crippen LogP contribution in [0.4, 0.5) is 5.69 Å². The molecule has 0 aromatic heterocycles. The molecular formula is C23H21NO4. The van der Waals surface area contributed by atoms with Crippen LogP contribution in [-0.2, 0) is 4.79 Å². The number of aryl methyl sites for hydroxylation is 2. The number of amides is 1. The lowest BCUT2D eigenvalue weighted by Gasteiger charge is -2.09. The Bertz CT molecular complexity index is 945. The van der Waals surface area contributed by atoms with Crippen molar-refractivity contribution in [2.24, 2.45) is 0 Å². The number of anilines is 1. The first kappa shape index (κ1) is 19.2. The molecule has 0 saturated carbocycles. The summed E-state index contributed by atoms with van der Waals surface area (Å²) < 4.78 is 10.7. The number of esters is 1. The first-order chi connectivity index (χ1) is 13.5. The molecule has 0 fully saturated rings. The normalized spacial score (nSPS) is 10.2. The molecule has 0 saturated heterocycles. The van der Waals surface area contributed by atoms with Gasteiger partial charge in [-0.15, -0.1) is 0 Å². The number of rotatable bonds is 6. The molecule has 5 heteroatoms. The lowest BCUT2D eigenvalue weighted by atomic mass is 10.1. The zero-order chi connectivity index (χ0) is 19.9. The number of carbonyl (C=O) groups excluding carboxylic acids is 2. The predicted molar refractivity (Wildman–Crippen MR) is 108 cm³/mol. The predicted octanol–water partition coefficient (Wildman–Crippen LogP) is 4.54. The van der Waals surface area contributed by atoms with Crippen LogP contribution in [0.1, 0.15) is 21.5 Å². The number of carbonyl (C=O) groups is 2. The third-order valence-electron chi connectivity index (χ3n) is 3.93. The Labute approximate surface area is 163 Å². The van der Waals surface area contributed by atoms with Gasteiger partial charge in [0.25, 0.3) is 5.91 Å². The molecule has 0 bridgehead atoms. The van der Waals surface area contributed by atoms with Crippen molar-refractivity contribution in [3.05, 3.63) is 89.5 Å². The van der Waals surface area contributed by atoms with E-state index in [1.54, 1.807) is 24.3 Å². The number of hydrogen-bond acceptors (Lipinski definition) is 4. The molecule has 3 aromatic rings. The Morgan fingerprint density at radius 3 is 2.11 bits per heavy atom. The number of hydrogen-bond donors (Lipinski definition) is 1. The summed E-state index contributed by atoms with van der Waals surface area (Å²) in [5.74, 6) is 0.232. The van der Waals surface area contributed by atoms with Crippen molar-refractivity contribution in [3.8, 4) is 11.5 Å². The van der Waals surface area contributed by atoms with Crippen LogP contribution in [0.15, 0.2) is 72.8 Å². The molecule has 3 aromatic carbocycles. The Balaban J connectivity index is 1.53. The van der Waals surface area contributed by atoms with Gasteiger partial charge in [-0.05, 0) is 73.5 Å². The molecule has 0 aliphatic carbocycles. The third-order valence-corrected chi connectivity index (χ3v) is 3.93. The van der Waals surface area contributed by atoms with Gasteiger partial charge >= 0.3 is 5.97 Å². The molecule has 5 nitrogen and oxygen atoms in total. The van der Waals surface area contributed by atoms with E-state index in [1.807, 2.05) is 62.4 Å². The maximum atomic E-state index is 12.2. The molecule has 0 radical (unpaired) electrons. The Morgan fingerprint density at radius 2 is 1.46 bits per heavy atom. The van der Waals surface area contributed by atoms with Gasteiger partial charge in [-0.2, -0.15) is 0 Å². The molecule has 142 valence electrons. The summed E-state index contributed by atoms with van der Waals surface area (Å²) in [5.41, 5.74) is 3.31. The van der Waals surface area contributed by atoms with Crippen molar-refractivity contribution in [3.63, 3.8) is 0 Å². The van der Waals surface area contributed by atoms with E-state index in [2.05, 4.69) is 5.32 Å². The maximum absolute atomic E-state index is 12.2. The van der Waals surface area contributed by atoms with Crippen molar-refractivity contribution in [1.82, 2.24) is 0 Å². The SMILES string of the molecule is Cc1cc(C)cc(OCC(=O)Oc2ccc(C(=O)Nc3ccccc3)cc2)c1. The topological polar surface area (TPSA) is 64.6 Å². The third kappa shape index (κ3) is 5.45. The van der Waals surface area contributed by atoms with Crippen LogP contribution in [0.2, 0.25) is 0 Å². The molecule has 0 aliphatic rings. The van der Waals surface area contributed by atoms with Crippen LogP contribution in [0, 0.1) is 13.8 Å². The minimum absolute atomic E-state index is 0.195. The lowest BCUT2D eigenvalue weighted by Crippen LogP contribution is -2.18. The van der Waals surface area contributed by atoms with E-state index in [-0.39, 0.29) is 12.5 Å². The van der Waals surface area contributed by atoms with E-state index in [0.717, 1.165) is 11.1 Å². The number of ether oxygens (including phenoxy) is 2. The monoisotopic (exact) mass is 375 g/mol. The highest BCUT2D eigenvalue weighted by Gasteiger charge is 2.09. The second-order valence-electron chi connectivity index (χ2n) is 6.43.